The van der Waals surface area contributed by atoms with Gasteiger partial charge in [-0.1, -0.05) is 13.0 Å². The van der Waals surface area contributed by atoms with Crippen molar-refractivity contribution in [1.29, 1.82) is 0 Å². The maximum atomic E-state index is 3.49. The number of aryl methyl sites for hydroxylation is 1. The van der Waals surface area contributed by atoms with Gasteiger partial charge in [0.05, 0.1) is 0 Å². The molecule has 1 aliphatic rings. The molecule has 2 heteroatoms. The van der Waals surface area contributed by atoms with E-state index in [-0.39, 0.29) is 0 Å². The first-order chi connectivity index (χ1) is 7.72. The molecular formula is C14H22N2. The largest absolute Gasteiger partial charge is 0.385 e. The monoisotopic (exact) mass is 218 g/mol. The maximum absolute atomic E-state index is 3.49. The van der Waals surface area contributed by atoms with Crippen LogP contribution >= 0.6 is 0 Å². The van der Waals surface area contributed by atoms with E-state index in [2.05, 4.69) is 49.3 Å². The van der Waals surface area contributed by atoms with E-state index in [0.717, 1.165) is 6.54 Å². The van der Waals surface area contributed by atoms with Gasteiger partial charge in [-0.3, -0.25) is 0 Å². The molecule has 1 aliphatic heterocycles. The molecule has 1 atom stereocenters. The van der Waals surface area contributed by atoms with Crippen molar-refractivity contribution in [1.82, 2.24) is 0 Å². The Kier molecular flexibility index (Phi) is 3.37. The number of anilines is 2. The van der Waals surface area contributed by atoms with E-state index in [0.29, 0.717) is 6.04 Å². The van der Waals surface area contributed by atoms with E-state index in [1.54, 1.807) is 0 Å². The second kappa shape index (κ2) is 4.77. The Morgan fingerprint density at radius 2 is 2.25 bits per heavy atom. The Morgan fingerprint density at radius 3 is 3.00 bits per heavy atom. The van der Waals surface area contributed by atoms with Crippen molar-refractivity contribution in [2.24, 2.45) is 0 Å². The highest BCUT2D eigenvalue weighted by atomic mass is 15.1. The van der Waals surface area contributed by atoms with Gasteiger partial charge >= 0.3 is 0 Å². The van der Waals surface area contributed by atoms with Crippen LogP contribution in [0.4, 0.5) is 11.4 Å². The number of benzene rings is 1. The Bertz CT molecular complexity index is 360. The minimum Gasteiger partial charge on any atom is -0.385 e. The maximum Gasteiger partial charge on any atom is 0.0393 e. The topological polar surface area (TPSA) is 15.3 Å². The molecule has 2 rings (SSSR count). The predicted octanol–water partition coefficient (Wildman–Crippen LogP) is 3.28. The predicted molar refractivity (Wildman–Crippen MR) is 71.4 cm³/mol. The van der Waals surface area contributed by atoms with E-state index in [1.807, 2.05) is 0 Å². The van der Waals surface area contributed by atoms with Crippen LogP contribution in [0.3, 0.4) is 0 Å². The zero-order valence-corrected chi connectivity index (χ0v) is 10.6. The summed E-state index contributed by atoms with van der Waals surface area (Å²) in [5.41, 5.74) is 4.12. The van der Waals surface area contributed by atoms with Crippen molar-refractivity contribution < 1.29 is 0 Å². The van der Waals surface area contributed by atoms with E-state index in [4.69, 9.17) is 0 Å². The van der Waals surface area contributed by atoms with E-state index in [1.165, 1.54) is 36.2 Å². The van der Waals surface area contributed by atoms with Gasteiger partial charge < -0.3 is 10.2 Å². The summed E-state index contributed by atoms with van der Waals surface area (Å²) in [5.74, 6) is 0. The molecule has 0 fully saturated rings. The third-order valence-corrected chi connectivity index (χ3v) is 3.69. The summed E-state index contributed by atoms with van der Waals surface area (Å²) in [4.78, 5) is 2.36. The summed E-state index contributed by atoms with van der Waals surface area (Å²) in [5, 5.41) is 3.49. The summed E-state index contributed by atoms with van der Waals surface area (Å²) >= 11 is 0. The zero-order valence-electron chi connectivity index (χ0n) is 10.6. The molecule has 0 saturated carbocycles. The summed E-state index contributed by atoms with van der Waals surface area (Å²) in [6.07, 6.45) is 3.66. The average molecular weight is 218 g/mol. The van der Waals surface area contributed by atoms with Gasteiger partial charge in [0.2, 0.25) is 0 Å². The van der Waals surface area contributed by atoms with Crippen molar-refractivity contribution in [3.05, 3.63) is 23.8 Å². The fraction of sp³-hybridized carbons (Fsp3) is 0.571. The van der Waals surface area contributed by atoms with Crippen molar-refractivity contribution in [2.45, 2.75) is 39.2 Å². The first kappa shape index (κ1) is 11.3. The quantitative estimate of drug-likeness (QED) is 0.837. The van der Waals surface area contributed by atoms with Crippen LogP contribution in [0.25, 0.3) is 0 Å². The number of nitrogens with one attached hydrogen (secondary N) is 1. The lowest BCUT2D eigenvalue weighted by Gasteiger charge is -2.28. The molecule has 88 valence electrons. The summed E-state index contributed by atoms with van der Waals surface area (Å²) < 4.78 is 0. The molecule has 1 heterocycles. The van der Waals surface area contributed by atoms with Crippen molar-refractivity contribution in [2.75, 3.05) is 23.8 Å². The number of rotatable bonds is 3. The van der Waals surface area contributed by atoms with Crippen LogP contribution in [0.5, 0.6) is 0 Å². The Labute approximate surface area is 98.7 Å². The van der Waals surface area contributed by atoms with Crippen LogP contribution in [0, 0.1) is 0 Å². The Morgan fingerprint density at radius 1 is 1.44 bits per heavy atom. The number of fused-ring (bicyclic) bond motifs is 1. The van der Waals surface area contributed by atoms with Gasteiger partial charge in [0.15, 0.2) is 0 Å². The SMILES string of the molecule is CCC(C)N(C)c1ccc2c(c1)NCCC2. The molecule has 0 spiro atoms. The van der Waals surface area contributed by atoms with Crippen LogP contribution in [0.15, 0.2) is 18.2 Å². The molecule has 0 radical (unpaired) electrons. The second-order valence-corrected chi connectivity index (χ2v) is 4.74. The molecule has 0 bridgehead atoms. The third-order valence-electron chi connectivity index (χ3n) is 3.69. The van der Waals surface area contributed by atoms with Crippen molar-refractivity contribution in [3.8, 4) is 0 Å². The zero-order chi connectivity index (χ0) is 11.5. The van der Waals surface area contributed by atoms with Crippen LogP contribution in [-0.2, 0) is 6.42 Å². The Hall–Kier alpha value is -1.18. The third kappa shape index (κ3) is 2.16. The molecule has 1 aromatic carbocycles. The second-order valence-electron chi connectivity index (χ2n) is 4.74. The number of hydrogen-bond donors (Lipinski definition) is 1. The molecule has 0 aromatic heterocycles. The standard InChI is InChI=1S/C14H22N2/c1-4-11(2)16(3)13-8-7-12-6-5-9-15-14(12)10-13/h7-8,10-11,15H,4-6,9H2,1-3H3. The van der Waals surface area contributed by atoms with Crippen LogP contribution in [0.2, 0.25) is 0 Å². The normalized spacial score (nSPS) is 16.2. The molecule has 1 aromatic rings. The minimum atomic E-state index is 0.599. The fourth-order valence-electron chi connectivity index (χ4n) is 2.20. The van der Waals surface area contributed by atoms with Gasteiger partial charge in [0, 0.05) is 31.0 Å². The van der Waals surface area contributed by atoms with Gasteiger partial charge in [-0.05, 0) is 43.9 Å². The van der Waals surface area contributed by atoms with Gasteiger partial charge in [-0.25, -0.2) is 0 Å². The Balaban J connectivity index is 2.22. The highest BCUT2D eigenvalue weighted by Crippen LogP contribution is 2.27. The van der Waals surface area contributed by atoms with Gasteiger partial charge in [-0.15, -0.1) is 0 Å². The highest BCUT2D eigenvalue weighted by molar-refractivity contribution is 5.63. The van der Waals surface area contributed by atoms with Crippen molar-refractivity contribution in [3.63, 3.8) is 0 Å². The number of nitrogens with zero attached hydrogens (tertiary/aromatic N) is 1. The van der Waals surface area contributed by atoms with Crippen molar-refractivity contribution >= 4 is 11.4 Å². The highest BCUT2D eigenvalue weighted by Gasteiger charge is 2.12. The molecule has 2 nitrogen and oxygen atoms in total. The summed E-state index contributed by atoms with van der Waals surface area (Å²) in [6.45, 7) is 5.62. The van der Waals surface area contributed by atoms with E-state index >= 15 is 0 Å². The van der Waals surface area contributed by atoms with Gasteiger partial charge in [-0.2, -0.15) is 0 Å². The van der Waals surface area contributed by atoms with Crippen LogP contribution < -0.4 is 10.2 Å². The number of hydrogen-bond acceptors (Lipinski definition) is 2. The van der Waals surface area contributed by atoms with Gasteiger partial charge in [0.25, 0.3) is 0 Å². The van der Waals surface area contributed by atoms with Crippen LogP contribution in [0.1, 0.15) is 32.3 Å². The lowest BCUT2D eigenvalue weighted by Crippen LogP contribution is -2.28. The van der Waals surface area contributed by atoms with E-state index < -0.39 is 0 Å². The molecular weight excluding hydrogens is 196 g/mol. The lowest BCUT2D eigenvalue weighted by molar-refractivity contribution is 0.663. The molecule has 0 aliphatic carbocycles. The lowest BCUT2D eigenvalue weighted by atomic mass is 10.0. The average Bonchev–Trinajstić information content (AvgIpc) is 2.36. The summed E-state index contributed by atoms with van der Waals surface area (Å²) in [7, 11) is 2.18. The van der Waals surface area contributed by atoms with Gasteiger partial charge in [0.1, 0.15) is 0 Å². The van der Waals surface area contributed by atoms with E-state index in [9.17, 15) is 0 Å². The molecule has 16 heavy (non-hydrogen) atoms. The first-order valence-electron chi connectivity index (χ1n) is 6.32. The fourth-order valence-corrected chi connectivity index (χ4v) is 2.20. The molecule has 1 unspecified atom stereocenters. The summed E-state index contributed by atoms with van der Waals surface area (Å²) in [6, 6.07) is 7.41. The molecule has 0 saturated heterocycles. The molecule has 0 amide bonds. The van der Waals surface area contributed by atoms with Crippen LogP contribution in [-0.4, -0.2) is 19.6 Å². The smallest absolute Gasteiger partial charge is 0.0393 e. The minimum absolute atomic E-state index is 0.599. The molecule has 1 N–H and O–H groups in total. The first-order valence-corrected chi connectivity index (χ1v) is 6.32.